The Labute approximate surface area is 165 Å². The van der Waals surface area contributed by atoms with Crippen LogP contribution in [0.3, 0.4) is 0 Å². The minimum atomic E-state index is -1.56. The maximum atomic E-state index is 13.5. The first kappa shape index (κ1) is 19.7. The van der Waals surface area contributed by atoms with Gasteiger partial charge in [0.15, 0.2) is 23.8 Å². The van der Waals surface area contributed by atoms with Crippen LogP contribution in [0.4, 0.5) is 24.5 Å². The van der Waals surface area contributed by atoms with E-state index in [9.17, 15) is 23.1 Å². The second-order valence-electron chi connectivity index (χ2n) is 7.36. The van der Waals surface area contributed by atoms with Gasteiger partial charge in [-0.3, -0.25) is 9.48 Å². The van der Waals surface area contributed by atoms with E-state index in [-0.39, 0.29) is 30.2 Å². The molecule has 2 heterocycles. The van der Waals surface area contributed by atoms with Crippen LogP contribution in [0.2, 0.25) is 0 Å². The number of rotatable bonds is 5. The first-order valence-corrected chi connectivity index (χ1v) is 9.60. The number of aliphatic hydroxyl groups excluding tert-OH is 1. The fourth-order valence-corrected chi connectivity index (χ4v) is 4.20. The van der Waals surface area contributed by atoms with Crippen LogP contribution in [-0.4, -0.2) is 38.1 Å². The van der Waals surface area contributed by atoms with E-state index in [1.54, 1.807) is 18.0 Å². The van der Waals surface area contributed by atoms with Gasteiger partial charge in [-0.25, -0.2) is 18.1 Å². The third-order valence-corrected chi connectivity index (χ3v) is 5.60. The Bertz CT molecular complexity index is 912. The van der Waals surface area contributed by atoms with Crippen molar-refractivity contribution in [2.24, 2.45) is 0 Å². The third kappa shape index (κ3) is 3.58. The molecule has 1 fully saturated rings. The summed E-state index contributed by atoms with van der Waals surface area (Å²) >= 11 is 0. The Kier molecular flexibility index (Phi) is 5.22. The number of halogens is 3. The van der Waals surface area contributed by atoms with Crippen LogP contribution in [0.5, 0.6) is 0 Å². The van der Waals surface area contributed by atoms with Crippen LogP contribution in [0, 0.1) is 17.5 Å². The average Bonchev–Trinajstić information content (AvgIpc) is 3.32. The van der Waals surface area contributed by atoms with Crippen molar-refractivity contribution in [1.29, 1.82) is 0 Å². The number of carbonyl (C=O) groups is 1. The molecule has 3 atom stereocenters. The summed E-state index contributed by atoms with van der Waals surface area (Å²) in [5.41, 5.74) is 1.27. The lowest BCUT2D eigenvalue weighted by Crippen LogP contribution is -2.52. The van der Waals surface area contributed by atoms with Gasteiger partial charge in [-0.15, -0.1) is 0 Å². The summed E-state index contributed by atoms with van der Waals surface area (Å²) in [6.45, 7) is 2.03. The fraction of sp³-hybridized carbons (Fsp3) is 0.474. The van der Waals surface area contributed by atoms with Gasteiger partial charge in [-0.05, 0) is 19.3 Å². The van der Waals surface area contributed by atoms with Gasteiger partial charge in [0.05, 0.1) is 23.6 Å². The molecule has 0 spiro atoms. The zero-order valence-electron chi connectivity index (χ0n) is 15.8. The summed E-state index contributed by atoms with van der Waals surface area (Å²) in [7, 11) is 0. The Hall–Kier alpha value is -2.59. The SMILES string of the molecule is CCC(=O)Nc1cnn2c1CN(C(O)Nc1cc(F)c(F)c(F)c1)[C@H]1CCC[C@H]12. The number of hydrogen-bond acceptors (Lipinski definition) is 5. The molecule has 7 nitrogen and oxygen atoms in total. The smallest absolute Gasteiger partial charge is 0.224 e. The molecule has 0 bridgehead atoms. The van der Waals surface area contributed by atoms with E-state index in [2.05, 4.69) is 15.7 Å². The van der Waals surface area contributed by atoms with Gasteiger partial charge < -0.3 is 15.7 Å². The molecule has 0 saturated heterocycles. The summed E-state index contributed by atoms with van der Waals surface area (Å²) in [6.07, 6.45) is 3.30. The number of carbonyl (C=O) groups excluding carboxylic acids is 1. The number of benzene rings is 1. The molecule has 1 aromatic heterocycles. The molecule has 0 radical (unpaired) electrons. The topological polar surface area (TPSA) is 82.4 Å². The van der Waals surface area contributed by atoms with Crippen LogP contribution in [-0.2, 0) is 11.3 Å². The number of nitrogens with zero attached hydrogens (tertiary/aromatic N) is 3. The van der Waals surface area contributed by atoms with Crippen molar-refractivity contribution in [2.45, 2.75) is 57.6 Å². The highest BCUT2D eigenvalue weighted by molar-refractivity contribution is 5.90. The molecule has 3 N–H and O–H groups in total. The predicted octanol–water partition coefficient (Wildman–Crippen LogP) is 2.95. The molecule has 2 aromatic rings. The summed E-state index contributed by atoms with van der Waals surface area (Å²) in [5.74, 6) is -4.37. The quantitative estimate of drug-likeness (QED) is 0.523. The molecule has 1 unspecified atom stereocenters. The van der Waals surface area contributed by atoms with E-state index in [1.807, 2.05) is 4.68 Å². The highest BCUT2D eigenvalue weighted by Gasteiger charge is 2.42. The Balaban J connectivity index is 1.59. The zero-order valence-corrected chi connectivity index (χ0v) is 15.8. The summed E-state index contributed by atoms with van der Waals surface area (Å²) < 4.78 is 42.1. The van der Waals surface area contributed by atoms with Crippen LogP contribution in [0.15, 0.2) is 18.3 Å². The van der Waals surface area contributed by atoms with Crippen molar-refractivity contribution in [1.82, 2.24) is 14.7 Å². The van der Waals surface area contributed by atoms with Crippen molar-refractivity contribution in [3.8, 4) is 0 Å². The van der Waals surface area contributed by atoms with Crippen molar-refractivity contribution in [3.63, 3.8) is 0 Å². The molecule has 1 amide bonds. The van der Waals surface area contributed by atoms with E-state index in [4.69, 9.17) is 0 Å². The van der Waals surface area contributed by atoms with Crippen LogP contribution >= 0.6 is 0 Å². The summed E-state index contributed by atoms with van der Waals surface area (Å²) in [4.78, 5) is 13.6. The Morgan fingerprint density at radius 3 is 2.66 bits per heavy atom. The van der Waals surface area contributed by atoms with E-state index in [0.29, 0.717) is 12.1 Å². The second kappa shape index (κ2) is 7.68. The Morgan fingerprint density at radius 1 is 1.28 bits per heavy atom. The van der Waals surface area contributed by atoms with E-state index in [0.717, 1.165) is 37.1 Å². The minimum Gasteiger partial charge on any atom is -0.361 e. The van der Waals surface area contributed by atoms with Crippen LogP contribution < -0.4 is 10.6 Å². The number of aliphatic hydroxyl groups is 1. The van der Waals surface area contributed by atoms with Crippen molar-refractivity contribution >= 4 is 17.3 Å². The maximum absolute atomic E-state index is 13.5. The lowest BCUT2D eigenvalue weighted by atomic mass is 10.1. The molecule has 1 aromatic carbocycles. The maximum Gasteiger partial charge on any atom is 0.224 e. The second-order valence-corrected chi connectivity index (χ2v) is 7.36. The van der Waals surface area contributed by atoms with Crippen molar-refractivity contribution < 1.29 is 23.1 Å². The van der Waals surface area contributed by atoms with Gasteiger partial charge in [0.2, 0.25) is 5.91 Å². The van der Waals surface area contributed by atoms with Gasteiger partial charge in [0.25, 0.3) is 0 Å². The highest BCUT2D eigenvalue weighted by Crippen LogP contribution is 2.41. The number of hydrogen-bond donors (Lipinski definition) is 3. The average molecular weight is 409 g/mol. The summed E-state index contributed by atoms with van der Waals surface area (Å²) in [6, 6.07) is 1.59. The van der Waals surface area contributed by atoms with Crippen LogP contribution in [0.1, 0.15) is 44.3 Å². The van der Waals surface area contributed by atoms with Gasteiger partial charge in [-0.1, -0.05) is 6.92 Å². The number of fused-ring (bicyclic) bond motifs is 3. The van der Waals surface area contributed by atoms with Crippen molar-refractivity contribution in [3.05, 3.63) is 41.5 Å². The van der Waals surface area contributed by atoms with E-state index >= 15 is 0 Å². The molecule has 156 valence electrons. The van der Waals surface area contributed by atoms with E-state index < -0.39 is 23.8 Å². The molecule has 1 saturated carbocycles. The molecule has 29 heavy (non-hydrogen) atoms. The zero-order chi connectivity index (χ0) is 20.7. The number of amides is 1. The first-order valence-electron chi connectivity index (χ1n) is 9.60. The monoisotopic (exact) mass is 409 g/mol. The number of anilines is 2. The molecular weight excluding hydrogens is 387 g/mol. The molecular formula is C19H22F3N5O2. The van der Waals surface area contributed by atoms with Gasteiger partial charge >= 0.3 is 0 Å². The molecule has 2 aliphatic rings. The normalized spacial score (nSPS) is 22.1. The van der Waals surface area contributed by atoms with Gasteiger partial charge in [0, 0.05) is 36.8 Å². The summed E-state index contributed by atoms with van der Waals surface area (Å²) in [5, 5.41) is 20.7. The van der Waals surface area contributed by atoms with Crippen molar-refractivity contribution in [2.75, 3.05) is 10.6 Å². The lowest BCUT2D eigenvalue weighted by Gasteiger charge is -2.41. The Morgan fingerprint density at radius 2 is 1.97 bits per heavy atom. The van der Waals surface area contributed by atoms with Gasteiger partial charge in [0.1, 0.15) is 0 Å². The van der Waals surface area contributed by atoms with Crippen LogP contribution in [0.25, 0.3) is 0 Å². The molecule has 1 aliphatic carbocycles. The lowest BCUT2D eigenvalue weighted by molar-refractivity contribution is -0.115. The fourth-order valence-electron chi connectivity index (χ4n) is 4.20. The predicted molar refractivity (Wildman–Crippen MR) is 99.3 cm³/mol. The molecule has 10 heteroatoms. The minimum absolute atomic E-state index is 0.0177. The highest BCUT2D eigenvalue weighted by atomic mass is 19.2. The molecule has 4 rings (SSSR count). The van der Waals surface area contributed by atoms with Gasteiger partial charge in [-0.2, -0.15) is 5.10 Å². The number of aromatic nitrogens is 2. The standard InChI is InChI=1S/C19H22F3N5O2/c1-2-17(28)25-13-8-23-27-15-5-3-4-14(15)26(9-16(13)27)19(29)24-10-6-11(20)18(22)12(21)7-10/h6-8,14-15,19,24,29H,2-5,9H2,1H3,(H,25,28)/t14-,15+,19?/m0/s1. The number of nitrogens with one attached hydrogen (secondary N) is 2. The first-order chi connectivity index (χ1) is 13.9. The largest absolute Gasteiger partial charge is 0.361 e. The molecule has 1 aliphatic heterocycles. The third-order valence-electron chi connectivity index (χ3n) is 5.60. The van der Waals surface area contributed by atoms with E-state index in [1.165, 1.54) is 0 Å².